The summed E-state index contributed by atoms with van der Waals surface area (Å²) in [5, 5.41) is 0.827. The maximum atomic E-state index is 13.8. The highest BCUT2D eigenvalue weighted by molar-refractivity contribution is 7.07. The van der Waals surface area contributed by atoms with Crippen LogP contribution in [0.3, 0.4) is 0 Å². The second-order valence-electron chi connectivity index (χ2n) is 8.91. The first-order valence-corrected chi connectivity index (χ1v) is 13.8. The molecule has 0 saturated carbocycles. The Morgan fingerprint density at radius 3 is 2.54 bits per heavy atom. The van der Waals surface area contributed by atoms with Crippen LogP contribution in [0, 0.1) is 0 Å². The lowest BCUT2D eigenvalue weighted by molar-refractivity contribution is -0.138. The van der Waals surface area contributed by atoms with Gasteiger partial charge in [0.25, 0.3) is 5.56 Å². The number of ether oxygens (including phenoxy) is 2. The van der Waals surface area contributed by atoms with Crippen LogP contribution < -0.4 is 14.9 Å². The van der Waals surface area contributed by atoms with Crippen molar-refractivity contribution in [1.29, 1.82) is 0 Å². The molecule has 41 heavy (non-hydrogen) atoms. The number of halogens is 2. The van der Waals surface area contributed by atoms with Crippen LogP contribution in [0.2, 0.25) is 10.0 Å². The van der Waals surface area contributed by atoms with Gasteiger partial charge in [-0.25, -0.2) is 14.6 Å². The molecule has 5 rings (SSSR count). The number of thiazole rings is 1. The molecule has 3 heterocycles. The van der Waals surface area contributed by atoms with Crippen LogP contribution in [0.25, 0.3) is 17.4 Å². The van der Waals surface area contributed by atoms with E-state index in [1.54, 1.807) is 67.6 Å². The van der Waals surface area contributed by atoms with Crippen LogP contribution in [0.5, 0.6) is 0 Å². The number of methoxy groups -OCH3 is 1. The Morgan fingerprint density at radius 2 is 1.85 bits per heavy atom. The minimum absolute atomic E-state index is 0.00626. The molecule has 1 unspecified atom stereocenters. The van der Waals surface area contributed by atoms with Crippen molar-refractivity contribution in [3.8, 4) is 11.3 Å². The van der Waals surface area contributed by atoms with Gasteiger partial charge in [0.2, 0.25) is 0 Å². The quantitative estimate of drug-likeness (QED) is 0.208. The first kappa shape index (κ1) is 28.4. The molecule has 208 valence electrons. The summed E-state index contributed by atoms with van der Waals surface area (Å²) in [6.07, 6.45) is 3.08. The predicted molar refractivity (Wildman–Crippen MR) is 157 cm³/mol. The first-order valence-electron chi connectivity index (χ1n) is 12.3. The number of aromatic nitrogens is 1. The van der Waals surface area contributed by atoms with Crippen molar-refractivity contribution in [2.24, 2.45) is 4.99 Å². The molecule has 0 spiro atoms. The number of rotatable bonds is 7. The van der Waals surface area contributed by atoms with Crippen LogP contribution in [-0.4, -0.2) is 30.2 Å². The monoisotopic (exact) mass is 608 g/mol. The standard InChI is InChI=1S/C30H22Cl2N2O6S/c1-4-13-39-29(37)25-16(2)33-30-34(26(25)17-5-7-18(8-6-17)28(36)38-3)27(35)24(41-30)15-20-10-12-23(40-20)19-9-11-21(31)22(32)14-19/h4-12,14-15,26H,1,13H2,2-3H3. The molecule has 0 N–H and O–H groups in total. The van der Waals surface area contributed by atoms with Gasteiger partial charge in [-0.15, -0.1) is 0 Å². The molecule has 1 aliphatic heterocycles. The van der Waals surface area contributed by atoms with Crippen molar-refractivity contribution >= 4 is 52.6 Å². The Morgan fingerprint density at radius 1 is 1.10 bits per heavy atom. The molecule has 0 bridgehead atoms. The predicted octanol–water partition coefficient (Wildman–Crippen LogP) is 5.32. The number of hydrogen-bond donors (Lipinski definition) is 0. The number of nitrogens with zero attached hydrogens (tertiary/aromatic N) is 2. The van der Waals surface area contributed by atoms with Gasteiger partial charge in [0.05, 0.1) is 44.6 Å². The summed E-state index contributed by atoms with van der Waals surface area (Å²) in [6.45, 7) is 5.27. The second-order valence-corrected chi connectivity index (χ2v) is 10.7. The minimum atomic E-state index is -0.846. The zero-order valence-electron chi connectivity index (χ0n) is 21.9. The smallest absolute Gasteiger partial charge is 0.338 e. The van der Waals surface area contributed by atoms with Crippen molar-refractivity contribution in [1.82, 2.24) is 4.57 Å². The topological polar surface area (TPSA) is 100 Å². The highest BCUT2D eigenvalue weighted by Crippen LogP contribution is 2.32. The van der Waals surface area contributed by atoms with E-state index >= 15 is 0 Å². The van der Waals surface area contributed by atoms with Gasteiger partial charge in [0, 0.05) is 11.6 Å². The average molecular weight is 609 g/mol. The van der Waals surface area contributed by atoms with Crippen molar-refractivity contribution in [2.45, 2.75) is 13.0 Å². The van der Waals surface area contributed by atoms with Gasteiger partial charge in [0.15, 0.2) is 4.80 Å². The van der Waals surface area contributed by atoms with Crippen LogP contribution in [0.1, 0.15) is 34.6 Å². The summed E-state index contributed by atoms with van der Waals surface area (Å²) in [5.41, 5.74) is 1.89. The summed E-state index contributed by atoms with van der Waals surface area (Å²) in [4.78, 5) is 43.9. The second kappa shape index (κ2) is 11.7. The molecular formula is C30H22Cl2N2O6S. The average Bonchev–Trinajstić information content (AvgIpc) is 3.56. The van der Waals surface area contributed by atoms with E-state index in [2.05, 4.69) is 11.6 Å². The number of furan rings is 1. The van der Waals surface area contributed by atoms with E-state index in [-0.39, 0.29) is 17.7 Å². The van der Waals surface area contributed by atoms with Gasteiger partial charge < -0.3 is 13.9 Å². The Hall–Kier alpha value is -4.18. The third-order valence-electron chi connectivity index (χ3n) is 6.33. The van der Waals surface area contributed by atoms with Gasteiger partial charge in [-0.2, -0.15) is 0 Å². The van der Waals surface area contributed by atoms with Gasteiger partial charge in [0.1, 0.15) is 18.1 Å². The first-order chi connectivity index (χ1) is 19.7. The molecule has 0 amide bonds. The summed E-state index contributed by atoms with van der Waals surface area (Å²) in [7, 11) is 1.29. The summed E-state index contributed by atoms with van der Waals surface area (Å²) in [6, 6.07) is 14.3. The lowest BCUT2D eigenvalue weighted by atomic mass is 9.95. The Kier molecular flexibility index (Phi) is 8.12. The van der Waals surface area contributed by atoms with E-state index in [1.165, 1.54) is 17.8 Å². The minimum Gasteiger partial charge on any atom is -0.465 e. The van der Waals surface area contributed by atoms with Gasteiger partial charge >= 0.3 is 11.9 Å². The van der Waals surface area contributed by atoms with Crippen LogP contribution in [0.15, 0.2) is 92.7 Å². The molecule has 2 aromatic heterocycles. The zero-order valence-corrected chi connectivity index (χ0v) is 24.2. The van der Waals surface area contributed by atoms with Gasteiger partial charge in [-0.1, -0.05) is 59.3 Å². The lowest BCUT2D eigenvalue weighted by Gasteiger charge is -2.24. The van der Waals surface area contributed by atoms with Crippen LogP contribution >= 0.6 is 34.5 Å². The maximum Gasteiger partial charge on any atom is 0.338 e. The number of esters is 2. The number of hydrogen-bond acceptors (Lipinski definition) is 8. The van der Waals surface area contributed by atoms with Crippen molar-refractivity contribution < 1.29 is 23.5 Å². The number of carbonyl (C=O) groups is 2. The van der Waals surface area contributed by atoms with Gasteiger partial charge in [-0.05, 0) is 55.0 Å². The van der Waals surface area contributed by atoms with E-state index in [0.29, 0.717) is 47.7 Å². The largest absolute Gasteiger partial charge is 0.465 e. The SMILES string of the molecule is C=CCOC(=O)C1=C(C)N=c2sc(=Cc3ccc(-c4ccc(Cl)c(Cl)c4)o3)c(=O)n2C1c1ccc(C(=O)OC)cc1. The van der Waals surface area contributed by atoms with E-state index in [4.69, 9.17) is 37.1 Å². The molecule has 0 saturated heterocycles. The van der Waals surface area contributed by atoms with Gasteiger partial charge in [-0.3, -0.25) is 9.36 Å². The fourth-order valence-corrected chi connectivity index (χ4v) is 5.72. The Labute approximate surface area is 248 Å². The lowest BCUT2D eigenvalue weighted by Crippen LogP contribution is -2.40. The van der Waals surface area contributed by atoms with Crippen LogP contribution in [0.4, 0.5) is 0 Å². The molecule has 4 aromatic rings. The molecule has 8 nitrogen and oxygen atoms in total. The molecule has 1 aliphatic rings. The highest BCUT2D eigenvalue weighted by Gasteiger charge is 2.33. The zero-order chi connectivity index (χ0) is 29.3. The van der Waals surface area contributed by atoms with E-state index in [9.17, 15) is 14.4 Å². The fourth-order valence-electron chi connectivity index (χ4n) is 4.39. The van der Waals surface area contributed by atoms with Crippen LogP contribution in [-0.2, 0) is 14.3 Å². The number of allylic oxidation sites excluding steroid dienone is 1. The summed E-state index contributed by atoms with van der Waals surface area (Å²) in [5.74, 6) is -0.137. The number of carbonyl (C=O) groups excluding carboxylic acids is 2. The summed E-state index contributed by atoms with van der Waals surface area (Å²) >= 11 is 13.3. The van der Waals surface area contributed by atoms with E-state index in [0.717, 1.165) is 16.9 Å². The molecule has 0 radical (unpaired) electrons. The van der Waals surface area contributed by atoms with E-state index < -0.39 is 18.0 Å². The van der Waals surface area contributed by atoms with E-state index in [1.807, 2.05) is 0 Å². The molecule has 0 fully saturated rings. The normalized spacial score (nSPS) is 14.8. The van der Waals surface area contributed by atoms with Crippen molar-refractivity contribution in [3.05, 3.63) is 125 Å². The van der Waals surface area contributed by atoms with Crippen molar-refractivity contribution in [3.63, 3.8) is 0 Å². The molecule has 11 heteroatoms. The molecule has 1 atom stereocenters. The third kappa shape index (κ3) is 5.56. The fraction of sp³-hybridized carbons (Fsp3) is 0.133. The molecular weight excluding hydrogens is 587 g/mol. The molecule has 0 aliphatic carbocycles. The number of benzene rings is 2. The number of fused-ring (bicyclic) bond motifs is 1. The Balaban J connectivity index is 1.61. The third-order valence-corrected chi connectivity index (χ3v) is 8.05. The highest BCUT2D eigenvalue weighted by atomic mass is 35.5. The Bertz CT molecular complexity index is 1900. The molecule has 2 aromatic carbocycles. The summed E-state index contributed by atoms with van der Waals surface area (Å²) < 4.78 is 17.9. The maximum absolute atomic E-state index is 13.8. The van der Waals surface area contributed by atoms with Crippen molar-refractivity contribution in [2.75, 3.05) is 13.7 Å².